The molecule has 0 atom stereocenters. The second-order valence-corrected chi connectivity index (χ2v) is 9.06. The average molecular weight is 444 g/mol. The third kappa shape index (κ3) is 6.05. The van der Waals surface area contributed by atoms with E-state index in [0.717, 1.165) is 17.3 Å². The Kier molecular flexibility index (Phi) is 6.96. The molecule has 0 aliphatic carbocycles. The molecule has 31 heavy (non-hydrogen) atoms. The Bertz CT molecular complexity index is 1060. The number of rotatable bonds is 4. The standard InChI is InChI=1S/C23H23F2N3O2S/c1-23(2,3)30-22(29)28-10-8-16(9-11-28)20-7-6-18(24)21(27-20)31-14-17-5-4-15(13-26)12-19(17)25/h4-8,12H,9-11,14H2,1-3H3. The van der Waals surface area contributed by atoms with Gasteiger partial charge in [0.25, 0.3) is 0 Å². The number of thioether (sulfide) groups is 1. The predicted molar refractivity (Wildman–Crippen MR) is 115 cm³/mol. The molecule has 1 aliphatic rings. The van der Waals surface area contributed by atoms with E-state index in [0.29, 0.717) is 30.8 Å². The molecule has 2 heterocycles. The molecule has 5 nitrogen and oxygen atoms in total. The van der Waals surface area contributed by atoms with Gasteiger partial charge in [-0.1, -0.05) is 23.9 Å². The number of pyridine rings is 1. The van der Waals surface area contributed by atoms with Gasteiger partial charge in [0.15, 0.2) is 5.82 Å². The van der Waals surface area contributed by atoms with Gasteiger partial charge in [-0.25, -0.2) is 18.6 Å². The van der Waals surface area contributed by atoms with E-state index in [9.17, 15) is 13.6 Å². The topological polar surface area (TPSA) is 66.2 Å². The highest BCUT2D eigenvalue weighted by Gasteiger charge is 2.24. The highest BCUT2D eigenvalue weighted by atomic mass is 32.2. The lowest BCUT2D eigenvalue weighted by atomic mass is 10.0. The third-order valence-corrected chi connectivity index (χ3v) is 5.57. The van der Waals surface area contributed by atoms with Gasteiger partial charge in [0.2, 0.25) is 0 Å². The molecule has 1 amide bonds. The van der Waals surface area contributed by atoms with E-state index in [1.54, 1.807) is 11.0 Å². The minimum absolute atomic E-state index is 0.178. The zero-order valence-electron chi connectivity index (χ0n) is 17.6. The molecule has 0 radical (unpaired) electrons. The number of amides is 1. The van der Waals surface area contributed by atoms with Crippen LogP contribution < -0.4 is 0 Å². The van der Waals surface area contributed by atoms with Crippen LogP contribution in [0.1, 0.15) is 44.0 Å². The van der Waals surface area contributed by atoms with Crippen molar-refractivity contribution >= 4 is 23.4 Å². The first-order valence-corrected chi connectivity index (χ1v) is 10.8. The molecule has 2 aromatic rings. The van der Waals surface area contributed by atoms with Crippen molar-refractivity contribution in [2.75, 3.05) is 13.1 Å². The maximum atomic E-state index is 14.3. The van der Waals surface area contributed by atoms with Gasteiger partial charge in [-0.2, -0.15) is 5.26 Å². The van der Waals surface area contributed by atoms with Crippen LogP contribution in [0.25, 0.3) is 5.57 Å². The molecule has 0 saturated carbocycles. The molecule has 1 aliphatic heterocycles. The second-order valence-electron chi connectivity index (χ2n) is 8.10. The Morgan fingerprint density at radius 1 is 1.26 bits per heavy atom. The fraction of sp³-hybridized carbons (Fsp3) is 0.348. The SMILES string of the molecule is CC(C)(C)OC(=O)N1CC=C(c2ccc(F)c(SCc3ccc(C#N)cc3F)n2)CC1. The smallest absolute Gasteiger partial charge is 0.410 e. The summed E-state index contributed by atoms with van der Waals surface area (Å²) in [6.07, 6.45) is 2.10. The first-order chi connectivity index (χ1) is 14.7. The summed E-state index contributed by atoms with van der Waals surface area (Å²) in [4.78, 5) is 18.2. The lowest BCUT2D eigenvalue weighted by Crippen LogP contribution is -2.39. The van der Waals surface area contributed by atoms with E-state index >= 15 is 0 Å². The van der Waals surface area contributed by atoms with E-state index in [2.05, 4.69) is 4.98 Å². The van der Waals surface area contributed by atoms with Crippen molar-refractivity contribution in [2.24, 2.45) is 0 Å². The maximum Gasteiger partial charge on any atom is 0.410 e. The first-order valence-electron chi connectivity index (χ1n) is 9.81. The number of carbonyl (C=O) groups is 1. The molecule has 0 N–H and O–H groups in total. The van der Waals surface area contributed by atoms with Crippen LogP contribution in [0.4, 0.5) is 13.6 Å². The average Bonchev–Trinajstić information content (AvgIpc) is 2.72. The Balaban J connectivity index is 1.69. The summed E-state index contributed by atoms with van der Waals surface area (Å²) >= 11 is 1.10. The van der Waals surface area contributed by atoms with Gasteiger partial charge in [-0.15, -0.1) is 0 Å². The van der Waals surface area contributed by atoms with Crippen LogP contribution in [-0.2, 0) is 10.5 Å². The zero-order valence-corrected chi connectivity index (χ0v) is 18.4. The summed E-state index contributed by atoms with van der Waals surface area (Å²) < 4.78 is 33.8. The van der Waals surface area contributed by atoms with Crippen molar-refractivity contribution in [3.8, 4) is 6.07 Å². The summed E-state index contributed by atoms with van der Waals surface area (Å²) in [6, 6.07) is 9.06. The monoisotopic (exact) mass is 443 g/mol. The first kappa shape index (κ1) is 22.8. The zero-order chi connectivity index (χ0) is 22.6. The summed E-state index contributed by atoms with van der Waals surface area (Å²) in [5, 5.41) is 9.01. The van der Waals surface area contributed by atoms with Crippen molar-refractivity contribution < 1.29 is 18.3 Å². The van der Waals surface area contributed by atoms with Crippen LogP contribution in [-0.4, -0.2) is 34.7 Å². The fourth-order valence-corrected chi connectivity index (χ4v) is 3.87. The van der Waals surface area contributed by atoms with Gasteiger partial charge in [-0.3, -0.25) is 0 Å². The van der Waals surface area contributed by atoms with Crippen molar-refractivity contribution in [1.29, 1.82) is 5.26 Å². The van der Waals surface area contributed by atoms with Crippen LogP contribution in [0.3, 0.4) is 0 Å². The number of aromatic nitrogens is 1. The van der Waals surface area contributed by atoms with Crippen LogP contribution >= 0.6 is 11.8 Å². The molecule has 0 saturated heterocycles. The Morgan fingerprint density at radius 3 is 2.65 bits per heavy atom. The molecule has 1 aromatic heterocycles. The van der Waals surface area contributed by atoms with E-state index < -0.39 is 17.2 Å². The Morgan fingerprint density at radius 2 is 2.03 bits per heavy atom. The van der Waals surface area contributed by atoms with Gasteiger partial charge in [0.1, 0.15) is 16.4 Å². The van der Waals surface area contributed by atoms with Crippen molar-refractivity contribution in [1.82, 2.24) is 9.88 Å². The molecule has 0 fully saturated rings. The number of ether oxygens (including phenoxy) is 1. The summed E-state index contributed by atoms with van der Waals surface area (Å²) in [5.74, 6) is -0.786. The number of nitriles is 1. The largest absolute Gasteiger partial charge is 0.444 e. The van der Waals surface area contributed by atoms with Crippen LogP contribution in [0, 0.1) is 23.0 Å². The molecular formula is C23H23F2N3O2S. The highest BCUT2D eigenvalue weighted by Crippen LogP contribution is 2.29. The lowest BCUT2D eigenvalue weighted by Gasteiger charge is -2.29. The van der Waals surface area contributed by atoms with Gasteiger partial charge in [0.05, 0.1) is 17.3 Å². The molecule has 0 bridgehead atoms. The summed E-state index contributed by atoms with van der Waals surface area (Å²) in [5.41, 5.74) is 1.61. The molecular weight excluding hydrogens is 420 g/mol. The van der Waals surface area contributed by atoms with Crippen molar-refractivity contribution in [2.45, 2.75) is 43.6 Å². The van der Waals surface area contributed by atoms with Crippen molar-refractivity contribution in [3.05, 3.63) is 64.9 Å². The predicted octanol–water partition coefficient (Wildman–Crippen LogP) is 5.55. The van der Waals surface area contributed by atoms with Gasteiger partial charge < -0.3 is 9.64 Å². The van der Waals surface area contributed by atoms with E-state index in [4.69, 9.17) is 10.00 Å². The highest BCUT2D eigenvalue weighted by molar-refractivity contribution is 7.98. The van der Waals surface area contributed by atoms with Gasteiger partial charge >= 0.3 is 6.09 Å². The number of benzene rings is 1. The molecule has 162 valence electrons. The maximum absolute atomic E-state index is 14.3. The van der Waals surface area contributed by atoms with Crippen LogP contribution in [0.2, 0.25) is 0 Å². The Hall–Kier alpha value is -2.92. The number of halogens is 2. The third-order valence-electron chi connectivity index (χ3n) is 4.55. The molecule has 0 spiro atoms. The quantitative estimate of drug-likeness (QED) is 0.580. The molecule has 3 rings (SSSR count). The molecule has 8 heteroatoms. The number of nitrogens with zero attached hydrogens (tertiary/aromatic N) is 3. The van der Waals surface area contributed by atoms with E-state index in [1.165, 1.54) is 24.3 Å². The molecule has 0 unspecified atom stereocenters. The summed E-state index contributed by atoms with van der Waals surface area (Å²) in [6.45, 7) is 6.34. The van der Waals surface area contributed by atoms with Crippen LogP contribution in [0.15, 0.2) is 41.4 Å². The minimum atomic E-state index is -0.555. The fourth-order valence-electron chi connectivity index (χ4n) is 2.98. The minimum Gasteiger partial charge on any atom is -0.444 e. The van der Waals surface area contributed by atoms with E-state index in [1.807, 2.05) is 32.9 Å². The van der Waals surface area contributed by atoms with E-state index in [-0.39, 0.29) is 22.4 Å². The van der Waals surface area contributed by atoms with Gasteiger partial charge in [-0.05, 0) is 62.6 Å². The normalized spacial score (nSPS) is 14.1. The Labute approximate surface area is 184 Å². The number of hydrogen-bond donors (Lipinski definition) is 0. The lowest BCUT2D eigenvalue weighted by molar-refractivity contribution is 0.0270. The van der Waals surface area contributed by atoms with Gasteiger partial charge in [0, 0.05) is 18.8 Å². The number of carbonyl (C=O) groups excluding carboxylic acids is 1. The molecule has 1 aromatic carbocycles. The van der Waals surface area contributed by atoms with Crippen LogP contribution in [0.5, 0.6) is 0 Å². The van der Waals surface area contributed by atoms with Crippen molar-refractivity contribution in [3.63, 3.8) is 0 Å². The number of hydrogen-bond acceptors (Lipinski definition) is 5. The summed E-state index contributed by atoms with van der Waals surface area (Å²) in [7, 11) is 0. The second kappa shape index (κ2) is 9.48.